The van der Waals surface area contributed by atoms with Crippen LogP contribution < -0.4 is 5.32 Å². The number of hydrogen-bond acceptors (Lipinski definition) is 2. The van der Waals surface area contributed by atoms with Gasteiger partial charge in [0.05, 0.1) is 5.56 Å². The van der Waals surface area contributed by atoms with Crippen molar-refractivity contribution in [3.63, 3.8) is 0 Å². The van der Waals surface area contributed by atoms with E-state index in [1.807, 2.05) is 0 Å². The lowest BCUT2D eigenvalue weighted by Gasteiger charge is -2.09. The second kappa shape index (κ2) is 4.63. The van der Waals surface area contributed by atoms with Crippen molar-refractivity contribution in [2.24, 2.45) is 0 Å². The zero-order chi connectivity index (χ0) is 10.8. The molecule has 0 atom stereocenters. The molecule has 2 N–H and O–H groups in total. The molecule has 3 nitrogen and oxygen atoms in total. The van der Waals surface area contributed by atoms with Crippen LogP contribution in [0.3, 0.4) is 0 Å². The van der Waals surface area contributed by atoms with Crippen LogP contribution in [-0.2, 0) is 0 Å². The Balaban J connectivity index is 0.00000196. The summed E-state index contributed by atoms with van der Waals surface area (Å²) in [5, 5.41) is 9.71. The highest BCUT2D eigenvalue weighted by molar-refractivity contribution is 5.88. The van der Waals surface area contributed by atoms with E-state index in [1.165, 1.54) is 17.4 Å². The Hall–Kier alpha value is -1.79. The highest BCUT2D eigenvalue weighted by atomic mass is 19.4. The zero-order valence-corrected chi connectivity index (χ0v) is 7.21. The molecule has 7 heteroatoms. The maximum absolute atomic E-state index is 11.8. The van der Waals surface area contributed by atoms with E-state index >= 15 is 0 Å². The molecule has 0 saturated carbocycles. The summed E-state index contributed by atoms with van der Waals surface area (Å²) in [5.41, 5.74) is -0.489. The molecule has 0 aliphatic carbocycles. The molecule has 0 aliphatic rings. The number of carboxylic acid groups (broad SMARTS) is 1. The van der Waals surface area contributed by atoms with Crippen LogP contribution in [0.2, 0.25) is 0 Å². The summed E-state index contributed by atoms with van der Waals surface area (Å²) in [5.74, 6) is -1.27. The van der Waals surface area contributed by atoms with Crippen LogP contribution in [0.25, 0.3) is 0 Å². The fourth-order valence-corrected chi connectivity index (χ4v) is 0.894. The first-order chi connectivity index (χ1) is 6.38. The van der Waals surface area contributed by atoms with Crippen molar-refractivity contribution in [3.8, 4) is 0 Å². The van der Waals surface area contributed by atoms with Crippen LogP contribution in [0.4, 0.5) is 23.6 Å². The average molecular weight is 225 g/mol. The molecule has 84 valence electrons. The molecular weight excluding hydrogens is 218 g/mol. The van der Waals surface area contributed by atoms with Gasteiger partial charge in [0, 0.05) is 5.69 Å². The quantitative estimate of drug-likeness (QED) is 0.600. The number of carbonyl (C=O) groups is 1. The molecule has 0 amide bonds. The van der Waals surface area contributed by atoms with Crippen LogP contribution in [0.5, 0.6) is 0 Å². The molecular formula is C8H7F4NO2. The Morgan fingerprint density at radius 3 is 2.40 bits per heavy atom. The van der Waals surface area contributed by atoms with Crippen LogP contribution in [-0.4, -0.2) is 17.4 Å². The van der Waals surface area contributed by atoms with Crippen LogP contribution in [0, 0.1) is 0 Å². The van der Waals surface area contributed by atoms with E-state index < -0.39 is 12.3 Å². The Bertz CT molecular complexity index is 351. The largest absolute Gasteiger partial charge is 0.482 e. The van der Waals surface area contributed by atoms with Gasteiger partial charge in [-0.2, -0.15) is 13.2 Å². The van der Waals surface area contributed by atoms with Crippen LogP contribution in [0.1, 0.15) is 10.4 Å². The molecule has 0 aliphatic heterocycles. The van der Waals surface area contributed by atoms with Gasteiger partial charge in [0.25, 0.3) is 0 Å². The third-order valence-electron chi connectivity index (χ3n) is 1.40. The van der Waals surface area contributed by atoms with Gasteiger partial charge in [-0.15, -0.1) is 0 Å². The van der Waals surface area contributed by atoms with Gasteiger partial charge in [0.1, 0.15) is 0 Å². The third kappa shape index (κ3) is 4.30. The monoisotopic (exact) mass is 225 g/mol. The van der Waals surface area contributed by atoms with E-state index in [9.17, 15) is 18.0 Å². The second-order valence-corrected chi connectivity index (χ2v) is 2.51. The Kier molecular flexibility index (Phi) is 4.07. The minimum absolute atomic E-state index is 0. The summed E-state index contributed by atoms with van der Waals surface area (Å²) in [6, 6.07) is 4.50. The highest BCUT2D eigenvalue weighted by Gasteiger charge is 2.27. The highest BCUT2D eigenvalue weighted by Crippen LogP contribution is 2.20. The molecule has 0 radical (unpaired) electrons. The summed E-state index contributed by atoms with van der Waals surface area (Å²) < 4.78 is 35.4. The molecule has 0 spiro atoms. The molecule has 0 bridgehead atoms. The number of benzene rings is 1. The first-order valence-corrected chi connectivity index (χ1v) is 3.57. The second-order valence-electron chi connectivity index (χ2n) is 2.51. The third-order valence-corrected chi connectivity index (χ3v) is 1.40. The molecule has 1 aromatic rings. The van der Waals surface area contributed by atoms with Crippen molar-refractivity contribution in [2.45, 2.75) is 6.30 Å². The summed E-state index contributed by atoms with van der Waals surface area (Å²) in [6.45, 7) is 0. The van der Waals surface area contributed by atoms with E-state index in [0.29, 0.717) is 0 Å². The molecule has 0 aromatic heterocycles. The van der Waals surface area contributed by atoms with Crippen molar-refractivity contribution < 1.29 is 27.8 Å². The minimum atomic E-state index is -4.56. The zero-order valence-electron chi connectivity index (χ0n) is 7.21. The first kappa shape index (κ1) is 13.2. The number of halogens is 4. The molecule has 0 saturated heterocycles. The van der Waals surface area contributed by atoms with Gasteiger partial charge in [-0.25, -0.2) is 4.79 Å². The molecule has 15 heavy (non-hydrogen) atoms. The SMILES string of the molecule is F.O=C(O)c1cccc(NC(F)(F)F)c1. The summed E-state index contributed by atoms with van der Waals surface area (Å²) in [7, 11) is 0. The first-order valence-electron chi connectivity index (χ1n) is 3.57. The van der Waals surface area contributed by atoms with E-state index in [-0.39, 0.29) is 16.0 Å². The number of anilines is 1. The standard InChI is InChI=1S/C8H6F3NO2.FH/c9-8(10,11)12-6-3-1-2-5(4-6)7(13)14;/h1-4,12H,(H,13,14);1H. The smallest absolute Gasteiger partial charge is 0.478 e. The predicted octanol–water partition coefficient (Wildman–Crippen LogP) is 2.47. The predicted molar refractivity (Wildman–Crippen MR) is 45.6 cm³/mol. The van der Waals surface area contributed by atoms with Gasteiger partial charge in [-0.3, -0.25) is 10.0 Å². The van der Waals surface area contributed by atoms with Gasteiger partial charge in [0.2, 0.25) is 0 Å². The Morgan fingerprint density at radius 2 is 1.93 bits per heavy atom. The summed E-state index contributed by atoms with van der Waals surface area (Å²) >= 11 is 0. The van der Waals surface area contributed by atoms with Crippen molar-refractivity contribution in [2.75, 3.05) is 5.32 Å². The van der Waals surface area contributed by atoms with Gasteiger partial charge in [0.15, 0.2) is 0 Å². The molecule has 1 rings (SSSR count). The number of aromatic carboxylic acids is 1. The molecule has 0 heterocycles. The molecule has 1 aromatic carbocycles. The molecule has 0 fully saturated rings. The van der Waals surface area contributed by atoms with Gasteiger partial charge >= 0.3 is 12.3 Å². The van der Waals surface area contributed by atoms with Gasteiger partial charge in [-0.1, -0.05) is 6.07 Å². The minimum Gasteiger partial charge on any atom is -0.478 e. The summed E-state index contributed by atoms with van der Waals surface area (Å²) in [4.78, 5) is 10.4. The number of nitrogens with one attached hydrogen (secondary N) is 1. The lowest BCUT2D eigenvalue weighted by Crippen LogP contribution is -2.20. The Morgan fingerprint density at radius 1 is 1.33 bits per heavy atom. The Labute approximate surface area is 81.9 Å². The average Bonchev–Trinajstić information content (AvgIpc) is 2.01. The van der Waals surface area contributed by atoms with Crippen molar-refractivity contribution >= 4 is 11.7 Å². The van der Waals surface area contributed by atoms with Crippen LogP contribution in [0.15, 0.2) is 24.3 Å². The van der Waals surface area contributed by atoms with E-state index in [2.05, 4.69) is 0 Å². The molecule has 0 unspecified atom stereocenters. The normalized spacial score (nSPS) is 10.3. The fourth-order valence-electron chi connectivity index (χ4n) is 0.894. The maximum Gasteiger partial charge on any atom is 0.482 e. The number of hydrogen-bond donors (Lipinski definition) is 2. The maximum atomic E-state index is 11.8. The van der Waals surface area contributed by atoms with Gasteiger partial charge in [-0.05, 0) is 18.2 Å². The van der Waals surface area contributed by atoms with E-state index in [0.717, 1.165) is 12.1 Å². The van der Waals surface area contributed by atoms with Crippen molar-refractivity contribution in [1.82, 2.24) is 0 Å². The van der Waals surface area contributed by atoms with E-state index in [1.54, 1.807) is 0 Å². The lowest BCUT2D eigenvalue weighted by molar-refractivity contribution is -0.0999. The number of carboxylic acids is 1. The van der Waals surface area contributed by atoms with E-state index in [4.69, 9.17) is 5.11 Å². The topological polar surface area (TPSA) is 49.3 Å². The number of alkyl halides is 3. The van der Waals surface area contributed by atoms with Gasteiger partial charge < -0.3 is 5.11 Å². The van der Waals surface area contributed by atoms with Crippen molar-refractivity contribution in [1.29, 1.82) is 0 Å². The fraction of sp³-hybridized carbons (Fsp3) is 0.125. The van der Waals surface area contributed by atoms with Crippen molar-refractivity contribution in [3.05, 3.63) is 29.8 Å². The van der Waals surface area contributed by atoms with Crippen LogP contribution >= 0.6 is 0 Å². The lowest BCUT2D eigenvalue weighted by atomic mass is 10.2. The summed E-state index contributed by atoms with van der Waals surface area (Å²) in [6.07, 6.45) is -4.56. The number of rotatable bonds is 2.